The molecule has 5 heteroatoms. The van der Waals surface area contributed by atoms with Crippen LogP contribution >= 0.6 is 0 Å². The van der Waals surface area contributed by atoms with Gasteiger partial charge < -0.3 is 18.6 Å². The van der Waals surface area contributed by atoms with Gasteiger partial charge in [0.05, 0.1) is 0 Å². The quantitative estimate of drug-likeness (QED) is 0.124. The van der Waals surface area contributed by atoms with Crippen molar-refractivity contribution < 1.29 is 8.83 Å². The van der Waals surface area contributed by atoms with Gasteiger partial charge in [0.1, 0.15) is 30.4 Å². The number of rotatable bonds is 6. The van der Waals surface area contributed by atoms with E-state index in [0.29, 0.717) is 0 Å². The molecule has 0 bridgehead atoms. The van der Waals surface area contributed by atoms with Crippen LogP contribution in [0.1, 0.15) is 0 Å². The molecular weight excluding hydrogens is 785 g/mol. The Morgan fingerprint density at radius 1 is 0.317 bits per heavy atom. The van der Waals surface area contributed by atoms with Gasteiger partial charge in [-0.1, -0.05) is 116 Å². The Balaban J connectivity index is 0.973. The standard InChI is InChI=1S/C58H40N2O2Si/c1-63(2)56-23-13-20-47-48-33-40(59(38-14-5-3-6-15-38)41-27-30-54-49(34-41)44-18-9-11-21-52(44)61-54)25-24-37(48)32-51(58(47)56)46-29-26-43(36-57(46)63)60(39-16-7-4-8-17-39)42-28-31-55-50(35-42)45-19-10-12-22-53(45)62-55/h3-36H,1-2H3. The SMILES string of the molecule is C[Si]1(C)c2cc(N(c3ccccc3)c3ccc4oc5ccccc5c4c3)ccc2-c2cc3ccc(N(c4ccccc4)c4ccc5oc6ccccc6c5c4)cc3c3cccc1c23. The normalized spacial score (nSPS) is 13.0. The van der Waals surface area contributed by atoms with Crippen LogP contribution < -0.4 is 20.2 Å². The highest BCUT2D eigenvalue weighted by Gasteiger charge is 2.36. The number of hydrogen-bond donors (Lipinski definition) is 0. The van der Waals surface area contributed by atoms with Gasteiger partial charge in [-0.25, -0.2) is 0 Å². The maximum atomic E-state index is 6.26. The molecule has 10 aromatic carbocycles. The van der Waals surface area contributed by atoms with Crippen LogP contribution in [0.15, 0.2) is 215 Å². The molecule has 1 aliphatic heterocycles. The molecule has 0 aliphatic carbocycles. The Morgan fingerprint density at radius 3 is 1.40 bits per heavy atom. The van der Waals surface area contributed by atoms with Gasteiger partial charge in [0.2, 0.25) is 0 Å². The van der Waals surface area contributed by atoms with Crippen molar-refractivity contribution in [1.29, 1.82) is 0 Å². The summed E-state index contributed by atoms with van der Waals surface area (Å²) in [5, 5.41) is 12.6. The molecule has 1 aliphatic rings. The average molecular weight is 825 g/mol. The Morgan fingerprint density at radius 2 is 0.794 bits per heavy atom. The molecule has 13 rings (SSSR count). The van der Waals surface area contributed by atoms with Crippen LogP contribution in [0.25, 0.3) is 76.5 Å². The molecule has 0 fully saturated rings. The Bertz CT molecular complexity index is 3790. The second-order valence-electron chi connectivity index (χ2n) is 17.3. The molecule has 298 valence electrons. The first-order chi connectivity index (χ1) is 31.0. The van der Waals surface area contributed by atoms with E-state index in [1.165, 1.54) is 43.0 Å². The molecule has 0 saturated heterocycles. The fourth-order valence-corrected chi connectivity index (χ4v) is 13.5. The van der Waals surface area contributed by atoms with Gasteiger partial charge >= 0.3 is 0 Å². The number of benzene rings is 10. The third-order valence-corrected chi connectivity index (χ3v) is 16.9. The third kappa shape index (κ3) is 5.46. The fraction of sp³-hybridized carbons (Fsp3) is 0.0345. The second kappa shape index (κ2) is 13.6. The summed E-state index contributed by atoms with van der Waals surface area (Å²) in [6.45, 7) is 5.05. The van der Waals surface area contributed by atoms with Crippen LogP contribution in [0.4, 0.5) is 34.1 Å². The summed E-state index contributed by atoms with van der Waals surface area (Å²) in [5.41, 5.74) is 12.9. The van der Waals surface area contributed by atoms with Crippen LogP contribution in [-0.4, -0.2) is 8.07 Å². The monoisotopic (exact) mass is 824 g/mol. The van der Waals surface area contributed by atoms with Crippen molar-refractivity contribution in [3.63, 3.8) is 0 Å². The molecule has 3 heterocycles. The van der Waals surface area contributed by atoms with Crippen molar-refractivity contribution in [2.24, 2.45) is 0 Å². The zero-order valence-electron chi connectivity index (χ0n) is 34.8. The van der Waals surface area contributed by atoms with Gasteiger partial charge in [-0.05, 0) is 146 Å². The van der Waals surface area contributed by atoms with Crippen LogP contribution in [0, 0.1) is 0 Å². The predicted octanol–water partition coefficient (Wildman–Crippen LogP) is 15.5. The average Bonchev–Trinajstić information content (AvgIpc) is 3.90. The first-order valence-electron chi connectivity index (χ1n) is 21.7. The molecule has 0 N–H and O–H groups in total. The van der Waals surface area contributed by atoms with E-state index in [-0.39, 0.29) is 0 Å². The van der Waals surface area contributed by atoms with Crippen LogP contribution in [0.2, 0.25) is 13.1 Å². The summed E-state index contributed by atoms with van der Waals surface area (Å²) in [6, 6.07) is 74.8. The number of para-hydroxylation sites is 4. The molecule has 2 aromatic heterocycles. The second-order valence-corrected chi connectivity index (χ2v) is 21.6. The Kier molecular flexibility index (Phi) is 7.72. The van der Waals surface area contributed by atoms with Gasteiger partial charge in [-0.15, -0.1) is 0 Å². The zero-order chi connectivity index (χ0) is 41.8. The van der Waals surface area contributed by atoms with E-state index in [1.54, 1.807) is 0 Å². The summed E-state index contributed by atoms with van der Waals surface area (Å²) in [6.07, 6.45) is 0. The zero-order valence-corrected chi connectivity index (χ0v) is 35.8. The smallest absolute Gasteiger partial charge is 0.135 e. The minimum absolute atomic E-state index is 0.892. The highest BCUT2D eigenvalue weighted by Crippen LogP contribution is 2.45. The van der Waals surface area contributed by atoms with Gasteiger partial charge in [0, 0.05) is 55.7 Å². The minimum Gasteiger partial charge on any atom is -0.456 e. The molecule has 0 radical (unpaired) electrons. The molecule has 63 heavy (non-hydrogen) atoms. The molecule has 0 unspecified atom stereocenters. The van der Waals surface area contributed by atoms with Crippen LogP contribution in [0.3, 0.4) is 0 Å². The number of fused-ring (bicyclic) bond motifs is 10. The van der Waals surface area contributed by atoms with Crippen LogP contribution in [-0.2, 0) is 0 Å². The van der Waals surface area contributed by atoms with E-state index >= 15 is 0 Å². The first-order valence-corrected chi connectivity index (χ1v) is 24.7. The third-order valence-electron chi connectivity index (χ3n) is 13.4. The van der Waals surface area contributed by atoms with Crippen molar-refractivity contribution >= 4 is 118 Å². The van der Waals surface area contributed by atoms with Gasteiger partial charge in [0.15, 0.2) is 0 Å². The number of hydrogen-bond acceptors (Lipinski definition) is 4. The molecule has 4 nitrogen and oxygen atoms in total. The van der Waals surface area contributed by atoms with Gasteiger partial charge in [-0.3, -0.25) is 0 Å². The first kappa shape index (κ1) is 35.9. The molecule has 0 saturated carbocycles. The highest BCUT2D eigenvalue weighted by molar-refractivity contribution is 7.03. The van der Waals surface area contributed by atoms with E-state index in [0.717, 1.165) is 78.0 Å². The molecule has 0 atom stereocenters. The number of nitrogens with zero attached hydrogens (tertiary/aromatic N) is 2. The Hall–Kier alpha value is -7.86. The largest absolute Gasteiger partial charge is 0.456 e. The molecule has 0 amide bonds. The lowest BCUT2D eigenvalue weighted by molar-refractivity contribution is 0.668. The van der Waals surface area contributed by atoms with E-state index in [2.05, 4.69) is 205 Å². The Labute approximate surface area is 365 Å². The highest BCUT2D eigenvalue weighted by atomic mass is 28.3. The van der Waals surface area contributed by atoms with Crippen LogP contribution in [0.5, 0.6) is 0 Å². The topological polar surface area (TPSA) is 32.8 Å². The lowest BCUT2D eigenvalue weighted by Crippen LogP contribution is -2.56. The maximum absolute atomic E-state index is 6.26. The minimum atomic E-state index is -2.24. The molecule has 0 spiro atoms. The van der Waals surface area contributed by atoms with Crippen molar-refractivity contribution in [1.82, 2.24) is 0 Å². The summed E-state index contributed by atoms with van der Waals surface area (Å²) in [7, 11) is -2.24. The van der Waals surface area contributed by atoms with E-state index in [4.69, 9.17) is 8.83 Å². The predicted molar refractivity (Wildman–Crippen MR) is 268 cm³/mol. The van der Waals surface area contributed by atoms with E-state index < -0.39 is 8.07 Å². The number of anilines is 6. The fourth-order valence-electron chi connectivity index (χ4n) is 10.4. The maximum Gasteiger partial charge on any atom is 0.135 e. The molecular formula is C58H40N2O2Si. The van der Waals surface area contributed by atoms with Crippen molar-refractivity contribution in [3.8, 4) is 11.1 Å². The summed E-state index contributed by atoms with van der Waals surface area (Å²) in [5.74, 6) is 0. The molecule has 12 aromatic rings. The summed E-state index contributed by atoms with van der Waals surface area (Å²) in [4.78, 5) is 4.77. The van der Waals surface area contributed by atoms with Crippen molar-refractivity contribution in [2.45, 2.75) is 13.1 Å². The van der Waals surface area contributed by atoms with Gasteiger partial charge in [0.25, 0.3) is 0 Å². The van der Waals surface area contributed by atoms with E-state index in [9.17, 15) is 0 Å². The number of furan rings is 2. The lowest BCUT2D eigenvalue weighted by atomic mass is 9.92. The summed E-state index contributed by atoms with van der Waals surface area (Å²) < 4.78 is 12.5. The lowest BCUT2D eigenvalue weighted by Gasteiger charge is -2.35. The summed E-state index contributed by atoms with van der Waals surface area (Å²) >= 11 is 0. The van der Waals surface area contributed by atoms with E-state index in [1.807, 2.05) is 24.3 Å². The van der Waals surface area contributed by atoms with Gasteiger partial charge in [-0.2, -0.15) is 0 Å². The van der Waals surface area contributed by atoms with Crippen molar-refractivity contribution in [2.75, 3.05) is 9.80 Å². The van der Waals surface area contributed by atoms with Crippen molar-refractivity contribution in [3.05, 3.63) is 206 Å².